The van der Waals surface area contributed by atoms with E-state index in [4.69, 9.17) is 0 Å². The van der Waals surface area contributed by atoms with Crippen molar-refractivity contribution in [1.29, 1.82) is 0 Å². The molecular weight excluding hydrogens is 148 g/mol. The average Bonchev–Trinajstić information content (AvgIpc) is 2.07. The molecule has 0 atom stereocenters. The minimum Gasteiger partial charge on any atom is -0.158 e. The molecule has 2 heteroatoms. The quantitative estimate of drug-likeness (QED) is 0.587. The van der Waals surface area contributed by atoms with Crippen LogP contribution < -0.4 is 0 Å². The lowest BCUT2D eigenvalue weighted by Gasteiger charge is -1.99. The number of fused-ring (bicyclic) bond motifs is 1. The largest absolute Gasteiger partial charge is 0.158 e. The molecule has 0 saturated carbocycles. The first-order valence-electron chi connectivity index (χ1n) is 3.96. The highest BCUT2D eigenvalue weighted by Crippen LogP contribution is 2.16. The van der Waals surface area contributed by atoms with Gasteiger partial charge in [-0.05, 0) is 19.9 Å². The van der Waals surface area contributed by atoms with Crippen LogP contribution in [0, 0.1) is 13.8 Å². The molecule has 0 saturated heterocycles. The standard InChI is InChI=1S/C10H10N2/c1-7-3-4-9-6-11-12-8(2)10(9)5-7/h3-6H,1-2H3. The second kappa shape index (κ2) is 2.55. The number of aryl methyl sites for hydroxylation is 2. The number of nitrogens with zero attached hydrogens (tertiary/aromatic N) is 2. The van der Waals surface area contributed by atoms with Crippen molar-refractivity contribution in [3.63, 3.8) is 0 Å². The molecule has 0 spiro atoms. The third kappa shape index (κ3) is 1.05. The maximum atomic E-state index is 4.00. The molecular formula is C10H10N2. The summed E-state index contributed by atoms with van der Waals surface area (Å²) >= 11 is 0. The Bertz CT molecular complexity index is 421. The summed E-state index contributed by atoms with van der Waals surface area (Å²) < 4.78 is 0. The topological polar surface area (TPSA) is 25.8 Å². The molecule has 0 aliphatic heterocycles. The van der Waals surface area contributed by atoms with E-state index in [9.17, 15) is 0 Å². The van der Waals surface area contributed by atoms with Crippen LogP contribution in [-0.2, 0) is 0 Å². The summed E-state index contributed by atoms with van der Waals surface area (Å²) in [6, 6.07) is 6.30. The Morgan fingerprint density at radius 3 is 2.83 bits per heavy atom. The second-order valence-electron chi connectivity index (χ2n) is 3.02. The van der Waals surface area contributed by atoms with Crippen LogP contribution in [0.25, 0.3) is 10.8 Å². The van der Waals surface area contributed by atoms with Crippen molar-refractivity contribution in [3.8, 4) is 0 Å². The van der Waals surface area contributed by atoms with Gasteiger partial charge >= 0.3 is 0 Å². The molecule has 0 amide bonds. The maximum absolute atomic E-state index is 4.00. The van der Waals surface area contributed by atoms with Crippen LogP contribution in [-0.4, -0.2) is 10.2 Å². The Kier molecular flexibility index (Phi) is 1.54. The van der Waals surface area contributed by atoms with E-state index in [1.54, 1.807) is 6.20 Å². The fraction of sp³-hybridized carbons (Fsp3) is 0.200. The van der Waals surface area contributed by atoms with Crippen molar-refractivity contribution in [2.45, 2.75) is 13.8 Å². The SMILES string of the molecule is Cc1ccc2cnnc(C)c2c1. The van der Waals surface area contributed by atoms with Gasteiger partial charge in [0.05, 0.1) is 11.9 Å². The molecule has 2 rings (SSSR count). The number of rotatable bonds is 0. The molecule has 0 bridgehead atoms. The van der Waals surface area contributed by atoms with Gasteiger partial charge in [-0.15, -0.1) is 0 Å². The van der Waals surface area contributed by atoms with Crippen LogP contribution in [0.5, 0.6) is 0 Å². The third-order valence-electron chi connectivity index (χ3n) is 2.00. The first kappa shape index (κ1) is 7.22. The zero-order chi connectivity index (χ0) is 8.55. The van der Waals surface area contributed by atoms with Gasteiger partial charge in [0.1, 0.15) is 0 Å². The first-order chi connectivity index (χ1) is 5.77. The Morgan fingerprint density at radius 2 is 2.00 bits per heavy atom. The molecule has 1 aromatic heterocycles. The summed E-state index contributed by atoms with van der Waals surface area (Å²) in [6.45, 7) is 4.06. The van der Waals surface area contributed by atoms with Gasteiger partial charge in [0, 0.05) is 10.8 Å². The number of hydrogen-bond donors (Lipinski definition) is 0. The van der Waals surface area contributed by atoms with Gasteiger partial charge in [0.25, 0.3) is 0 Å². The fourth-order valence-electron chi connectivity index (χ4n) is 1.33. The van der Waals surface area contributed by atoms with Crippen LogP contribution in [0.4, 0.5) is 0 Å². The molecule has 0 N–H and O–H groups in total. The lowest BCUT2D eigenvalue weighted by molar-refractivity contribution is 1.00. The van der Waals surface area contributed by atoms with E-state index in [0.29, 0.717) is 0 Å². The summed E-state index contributed by atoms with van der Waals surface area (Å²) in [7, 11) is 0. The molecule has 0 unspecified atom stereocenters. The normalized spacial score (nSPS) is 10.5. The van der Waals surface area contributed by atoms with E-state index in [0.717, 1.165) is 11.1 Å². The zero-order valence-corrected chi connectivity index (χ0v) is 7.20. The third-order valence-corrected chi connectivity index (χ3v) is 2.00. The van der Waals surface area contributed by atoms with Crippen LogP contribution in [0.15, 0.2) is 24.4 Å². The van der Waals surface area contributed by atoms with Crippen LogP contribution in [0.1, 0.15) is 11.3 Å². The van der Waals surface area contributed by atoms with E-state index in [-0.39, 0.29) is 0 Å². The van der Waals surface area contributed by atoms with E-state index >= 15 is 0 Å². The number of hydrogen-bond acceptors (Lipinski definition) is 2. The van der Waals surface area contributed by atoms with Gasteiger partial charge < -0.3 is 0 Å². The van der Waals surface area contributed by atoms with Gasteiger partial charge in [0.15, 0.2) is 0 Å². The summed E-state index contributed by atoms with van der Waals surface area (Å²) in [5.74, 6) is 0. The molecule has 2 aromatic rings. The molecule has 1 aromatic carbocycles. The summed E-state index contributed by atoms with van der Waals surface area (Å²) in [5.41, 5.74) is 2.26. The second-order valence-corrected chi connectivity index (χ2v) is 3.02. The number of benzene rings is 1. The Balaban J connectivity index is 2.88. The Labute approximate surface area is 71.3 Å². The molecule has 2 nitrogen and oxygen atoms in total. The fourth-order valence-corrected chi connectivity index (χ4v) is 1.33. The molecule has 0 fully saturated rings. The molecule has 0 radical (unpaired) electrons. The molecule has 0 aliphatic rings. The zero-order valence-electron chi connectivity index (χ0n) is 7.20. The van der Waals surface area contributed by atoms with E-state index in [1.165, 1.54) is 10.9 Å². The smallest absolute Gasteiger partial charge is 0.0678 e. The average molecular weight is 158 g/mol. The summed E-state index contributed by atoms with van der Waals surface area (Å²) in [5, 5.41) is 10.2. The van der Waals surface area contributed by atoms with Gasteiger partial charge in [-0.1, -0.05) is 17.7 Å². The van der Waals surface area contributed by atoms with E-state index < -0.39 is 0 Å². The van der Waals surface area contributed by atoms with Crippen LogP contribution >= 0.6 is 0 Å². The lowest BCUT2D eigenvalue weighted by Crippen LogP contribution is -1.87. The van der Waals surface area contributed by atoms with Crippen molar-refractivity contribution >= 4 is 10.8 Å². The van der Waals surface area contributed by atoms with E-state index in [1.807, 2.05) is 6.92 Å². The number of aromatic nitrogens is 2. The van der Waals surface area contributed by atoms with Gasteiger partial charge in [-0.2, -0.15) is 10.2 Å². The highest BCUT2D eigenvalue weighted by molar-refractivity contribution is 5.83. The minimum atomic E-state index is 0.996. The first-order valence-corrected chi connectivity index (χ1v) is 3.96. The van der Waals surface area contributed by atoms with Gasteiger partial charge in [-0.3, -0.25) is 0 Å². The van der Waals surface area contributed by atoms with Crippen molar-refractivity contribution in [2.75, 3.05) is 0 Å². The molecule has 1 heterocycles. The summed E-state index contributed by atoms with van der Waals surface area (Å²) in [6.07, 6.45) is 1.79. The minimum absolute atomic E-state index is 0.996. The highest BCUT2D eigenvalue weighted by Gasteiger charge is 1.97. The van der Waals surface area contributed by atoms with E-state index in [2.05, 4.69) is 35.3 Å². The van der Waals surface area contributed by atoms with Crippen molar-refractivity contribution in [3.05, 3.63) is 35.7 Å². The van der Waals surface area contributed by atoms with Crippen LogP contribution in [0.2, 0.25) is 0 Å². The van der Waals surface area contributed by atoms with Gasteiger partial charge in [-0.25, -0.2) is 0 Å². The predicted molar refractivity (Wildman–Crippen MR) is 49.0 cm³/mol. The monoisotopic (exact) mass is 158 g/mol. The maximum Gasteiger partial charge on any atom is 0.0678 e. The Hall–Kier alpha value is -1.44. The lowest BCUT2D eigenvalue weighted by atomic mass is 10.1. The molecule has 60 valence electrons. The van der Waals surface area contributed by atoms with Crippen molar-refractivity contribution < 1.29 is 0 Å². The van der Waals surface area contributed by atoms with Gasteiger partial charge in [0.2, 0.25) is 0 Å². The Morgan fingerprint density at radius 1 is 1.17 bits per heavy atom. The molecule has 0 aliphatic carbocycles. The highest BCUT2D eigenvalue weighted by atomic mass is 15.1. The summed E-state index contributed by atoms with van der Waals surface area (Å²) in [4.78, 5) is 0. The predicted octanol–water partition coefficient (Wildman–Crippen LogP) is 2.25. The van der Waals surface area contributed by atoms with Crippen molar-refractivity contribution in [1.82, 2.24) is 10.2 Å². The van der Waals surface area contributed by atoms with Crippen molar-refractivity contribution in [2.24, 2.45) is 0 Å². The van der Waals surface area contributed by atoms with Crippen LogP contribution in [0.3, 0.4) is 0 Å². The molecule has 12 heavy (non-hydrogen) atoms.